The highest BCUT2D eigenvalue weighted by Gasteiger charge is 2.25. The molecule has 0 aliphatic heterocycles. The number of nitrogens with zero attached hydrogens (tertiary/aromatic N) is 1. The Hall–Kier alpha value is -2.64. The van der Waals surface area contributed by atoms with Gasteiger partial charge in [-0.2, -0.15) is 0 Å². The Kier molecular flexibility index (Phi) is 6.14. The fourth-order valence-corrected chi connectivity index (χ4v) is 5.55. The van der Waals surface area contributed by atoms with Crippen molar-refractivity contribution in [1.82, 2.24) is 9.29 Å². The van der Waals surface area contributed by atoms with E-state index in [-0.39, 0.29) is 10.9 Å². The minimum Gasteiger partial charge on any atom is -0.443 e. The monoisotopic (exact) mass is 454 g/mol. The molecule has 6 nitrogen and oxygen atoms in total. The van der Waals surface area contributed by atoms with E-state index in [0.29, 0.717) is 16.8 Å². The fourth-order valence-electron chi connectivity index (χ4n) is 4.20. The normalized spacial score (nSPS) is 15.7. The van der Waals surface area contributed by atoms with Gasteiger partial charge in [-0.3, -0.25) is 0 Å². The van der Waals surface area contributed by atoms with Gasteiger partial charge in [-0.15, -0.1) is 0 Å². The van der Waals surface area contributed by atoms with E-state index in [9.17, 15) is 13.2 Å². The summed E-state index contributed by atoms with van der Waals surface area (Å²) in [4.78, 5) is 13.3. The van der Waals surface area contributed by atoms with Crippen molar-refractivity contribution < 1.29 is 17.9 Å². The summed E-state index contributed by atoms with van der Waals surface area (Å²) in [6, 6.07) is 16.2. The molecule has 1 fully saturated rings. The first-order chi connectivity index (χ1) is 15.1. The number of sulfonamides is 1. The second-order valence-electron chi connectivity index (χ2n) is 9.39. The smallest absolute Gasteiger partial charge is 0.419 e. The van der Waals surface area contributed by atoms with E-state index in [0.717, 1.165) is 37.5 Å². The molecule has 1 N–H and O–H groups in total. The quantitative estimate of drug-likeness (QED) is 0.548. The average molecular weight is 455 g/mol. The average Bonchev–Trinajstić information content (AvgIpc) is 3.13. The molecule has 170 valence electrons. The highest BCUT2D eigenvalue weighted by atomic mass is 32.2. The van der Waals surface area contributed by atoms with Gasteiger partial charge in [0.25, 0.3) is 0 Å². The van der Waals surface area contributed by atoms with E-state index in [2.05, 4.69) is 4.72 Å². The van der Waals surface area contributed by atoms with Gasteiger partial charge in [0.05, 0.1) is 16.1 Å². The topological polar surface area (TPSA) is 77.4 Å². The maximum atomic E-state index is 13.1. The summed E-state index contributed by atoms with van der Waals surface area (Å²) in [5, 5.41) is 0.877. The van der Waals surface area contributed by atoms with Crippen molar-refractivity contribution in [2.24, 2.45) is 0 Å². The molecule has 0 saturated heterocycles. The standard InChI is InChI=1S/C25H30N2O4S/c1-25(2,3)31-24(28)27-22-15-8-7-10-19(22)17-23(27)18-11-9-14-21(16-18)32(29,30)26-20-12-5-4-6-13-20/h7-11,14-17,20,26H,4-6,12-13H2,1-3H3. The molecule has 0 bridgehead atoms. The molecule has 0 unspecified atom stereocenters. The molecule has 1 aliphatic rings. The lowest BCUT2D eigenvalue weighted by Gasteiger charge is -2.23. The first-order valence-electron chi connectivity index (χ1n) is 11.1. The number of para-hydroxylation sites is 1. The van der Waals surface area contributed by atoms with Crippen LogP contribution in [0.2, 0.25) is 0 Å². The molecule has 0 spiro atoms. The molecule has 1 heterocycles. The van der Waals surface area contributed by atoms with Crippen molar-refractivity contribution in [3.63, 3.8) is 0 Å². The van der Waals surface area contributed by atoms with Crippen LogP contribution < -0.4 is 4.72 Å². The van der Waals surface area contributed by atoms with E-state index in [4.69, 9.17) is 4.74 Å². The lowest BCUT2D eigenvalue weighted by Crippen LogP contribution is -2.36. The van der Waals surface area contributed by atoms with Crippen molar-refractivity contribution in [2.75, 3.05) is 0 Å². The number of fused-ring (bicyclic) bond motifs is 1. The van der Waals surface area contributed by atoms with Crippen LogP contribution in [0.5, 0.6) is 0 Å². The van der Waals surface area contributed by atoms with E-state index >= 15 is 0 Å². The number of ether oxygens (including phenoxy) is 1. The molecular formula is C25H30N2O4S. The molecule has 1 aliphatic carbocycles. The summed E-state index contributed by atoms with van der Waals surface area (Å²) in [6.07, 6.45) is 4.48. The zero-order valence-corrected chi connectivity index (χ0v) is 19.6. The number of nitrogens with one attached hydrogen (secondary N) is 1. The summed E-state index contributed by atoms with van der Waals surface area (Å²) >= 11 is 0. The number of benzene rings is 2. The number of carbonyl (C=O) groups is 1. The van der Waals surface area contributed by atoms with Crippen LogP contribution in [0.25, 0.3) is 22.2 Å². The third kappa shape index (κ3) is 4.89. The zero-order chi connectivity index (χ0) is 22.9. The highest BCUT2D eigenvalue weighted by molar-refractivity contribution is 7.89. The van der Waals surface area contributed by atoms with Gasteiger partial charge < -0.3 is 4.74 Å². The van der Waals surface area contributed by atoms with Crippen LogP contribution in [-0.4, -0.2) is 30.7 Å². The predicted octanol–water partition coefficient (Wildman–Crippen LogP) is 5.70. The molecule has 1 aromatic heterocycles. The first-order valence-corrected chi connectivity index (χ1v) is 12.6. The Labute approximate surface area is 189 Å². The van der Waals surface area contributed by atoms with Crippen molar-refractivity contribution in [1.29, 1.82) is 0 Å². The van der Waals surface area contributed by atoms with Gasteiger partial charge in [0, 0.05) is 17.0 Å². The van der Waals surface area contributed by atoms with E-state index in [1.807, 2.05) is 57.2 Å². The number of carbonyl (C=O) groups excluding carboxylic acids is 1. The van der Waals surface area contributed by atoms with E-state index in [1.54, 1.807) is 18.2 Å². The van der Waals surface area contributed by atoms with Crippen LogP contribution in [0.15, 0.2) is 59.5 Å². The van der Waals surface area contributed by atoms with Crippen LogP contribution in [0, 0.1) is 0 Å². The molecular weight excluding hydrogens is 424 g/mol. The summed E-state index contributed by atoms with van der Waals surface area (Å²) < 4.78 is 36.1. The lowest BCUT2D eigenvalue weighted by atomic mass is 9.96. The van der Waals surface area contributed by atoms with Crippen LogP contribution in [0.4, 0.5) is 4.79 Å². The molecule has 1 saturated carbocycles. The SMILES string of the molecule is CC(C)(C)OC(=O)n1c(-c2cccc(S(=O)(=O)NC3CCCCC3)c2)cc2ccccc21. The molecule has 2 aromatic carbocycles. The summed E-state index contributed by atoms with van der Waals surface area (Å²) in [6.45, 7) is 5.46. The third-order valence-corrected chi connectivity index (χ3v) is 7.17. The number of hydrogen-bond acceptors (Lipinski definition) is 4. The molecule has 0 radical (unpaired) electrons. The first kappa shape index (κ1) is 22.6. The summed E-state index contributed by atoms with van der Waals surface area (Å²) in [5.41, 5.74) is 1.29. The van der Waals surface area contributed by atoms with Crippen molar-refractivity contribution in [2.45, 2.75) is 69.4 Å². The van der Waals surface area contributed by atoms with Crippen molar-refractivity contribution in [3.05, 3.63) is 54.6 Å². The van der Waals surface area contributed by atoms with Gasteiger partial charge in [-0.25, -0.2) is 22.5 Å². The Balaban J connectivity index is 1.75. The van der Waals surface area contributed by atoms with Gasteiger partial charge in [-0.05, 0) is 57.9 Å². The Bertz CT molecular complexity index is 1230. The minimum absolute atomic E-state index is 0.0226. The zero-order valence-electron chi connectivity index (χ0n) is 18.8. The molecule has 4 rings (SSSR count). The van der Waals surface area contributed by atoms with Gasteiger partial charge >= 0.3 is 6.09 Å². The fraction of sp³-hybridized carbons (Fsp3) is 0.400. The lowest BCUT2D eigenvalue weighted by molar-refractivity contribution is 0.0547. The predicted molar refractivity (Wildman–Crippen MR) is 126 cm³/mol. The maximum absolute atomic E-state index is 13.1. The molecule has 0 atom stereocenters. The van der Waals surface area contributed by atoms with Gasteiger partial charge in [0.15, 0.2) is 0 Å². The van der Waals surface area contributed by atoms with Crippen LogP contribution in [0.1, 0.15) is 52.9 Å². The van der Waals surface area contributed by atoms with Crippen LogP contribution in [0.3, 0.4) is 0 Å². The number of rotatable bonds is 4. The Morgan fingerprint density at radius 3 is 2.44 bits per heavy atom. The summed E-state index contributed by atoms with van der Waals surface area (Å²) in [5.74, 6) is 0. The summed E-state index contributed by atoms with van der Waals surface area (Å²) in [7, 11) is -3.66. The Morgan fingerprint density at radius 2 is 1.72 bits per heavy atom. The van der Waals surface area contributed by atoms with Crippen molar-refractivity contribution >= 4 is 27.0 Å². The largest absolute Gasteiger partial charge is 0.443 e. The molecule has 0 amide bonds. The molecule has 3 aromatic rings. The number of hydrogen-bond donors (Lipinski definition) is 1. The van der Waals surface area contributed by atoms with E-state index in [1.165, 1.54) is 4.57 Å². The van der Waals surface area contributed by atoms with Crippen LogP contribution >= 0.6 is 0 Å². The maximum Gasteiger partial charge on any atom is 0.419 e. The van der Waals surface area contributed by atoms with Gasteiger partial charge in [0.2, 0.25) is 10.0 Å². The molecule has 32 heavy (non-hydrogen) atoms. The van der Waals surface area contributed by atoms with Crippen LogP contribution in [-0.2, 0) is 14.8 Å². The number of aromatic nitrogens is 1. The second kappa shape index (κ2) is 8.71. The highest BCUT2D eigenvalue weighted by Crippen LogP contribution is 2.31. The van der Waals surface area contributed by atoms with Gasteiger partial charge in [-0.1, -0.05) is 49.6 Å². The Morgan fingerprint density at radius 1 is 1.00 bits per heavy atom. The second-order valence-corrected chi connectivity index (χ2v) is 11.1. The third-order valence-electron chi connectivity index (χ3n) is 5.65. The van der Waals surface area contributed by atoms with E-state index < -0.39 is 21.7 Å². The van der Waals surface area contributed by atoms with Crippen molar-refractivity contribution in [3.8, 4) is 11.3 Å². The minimum atomic E-state index is -3.66. The van der Waals surface area contributed by atoms with Gasteiger partial charge in [0.1, 0.15) is 5.60 Å². The molecule has 7 heteroatoms.